The second-order valence-corrected chi connectivity index (χ2v) is 3.60. The Bertz CT molecular complexity index is 509. The zero-order valence-corrected chi connectivity index (χ0v) is 9.76. The first-order valence-corrected chi connectivity index (χ1v) is 5.57. The molecule has 1 amide bonds. The van der Waals surface area contributed by atoms with Crippen LogP contribution in [0, 0.1) is 0 Å². The average molecular weight is 246 g/mol. The molecule has 0 aliphatic carbocycles. The zero-order valence-electron chi connectivity index (χ0n) is 9.76. The molecule has 0 aliphatic rings. The maximum atomic E-state index is 11.7. The van der Waals surface area contributed by atoms with Gasteiger partial charge in [-0.2, -0.15) is 0 Å². The third-order valence-electron chi connectivity index (χ3n) is 2.22. The van der Waals surface area contributed by atoms with E-state index in [2.05, 4.69) is 5.32 Å². The number of nitrogens with one attached hydrogen (secondary N) is 1. The molecule has 1 heterocycles. The second kappa shape index (κ2) is 5.88. The predicted molar refractivity (Wildman–Crippen MR) is 67.7 cm³/mol. The van der Waals surface area contributed by atoms with Gasteiger partial charge in [0.05, 0.1) is 6.26 Å². The lowest BCUT2D eigenvalue weighted by Gasteiger charge is -2.07. The normalized spacial score (nSPS) is 10.1. The number of rotatable bonds is 5. The van der Waals surface area contributed by atoms with Crippen molar-refractivity contribution in [1.29, 1.82) is 0 Å². The van der Waals surface area contributed by atoms with Gasteiger partial charge in [0.15, 0.2) is 5.76 Å². The molecular formula is C13H14N2O3. The molecule has 2 aromatic rings. The third-order valence-corrected chi connectivity index (χ3v) is 2.22. The highest BCUT2D eigenvalue weighted by molar-refractivity contribution is 6.02. The van der Waals surface area contributed by atoms with E-state index in [0.717, 1.165) is 0 Å². The van der Waals surface area contributed by atoms with Gasteiger partial charge in [0.1, 0.15) is 12.4 Å². The summed E-state index contributed by atoms with van der Waals surface area (Å²) in [5.41, 5.74) is 6.00. The van der Waals surface area contributed by atoms with E-state index in [-0.39, 0.29) is 11.7 Å². The molecule has 1 aromatic heterocycles. The Kier molecular flexibility index (Phi) is 3.98. The Hall–Kier alpha value is -2.27. The first-order valence-electron chi connectivity index (χ1n) is 5.57. The number of benzene rings is 1. The fourth-order valence-electron chi connectivity index (χ4n) is 1.44. The van der Waals surface area contributed by atoms with Gasteiger partial charge in [-0.1, -0.05) is 6.07 Å². The summed E-state index contributed by atoms with van der Waals surface area (Å²) in [4.78, 5) is 11.7. The van der Waals surface area contributed by atoms with Crippen molar-refractivity contribution in [2.24, 2.45) is 5.73 Å². The molecule has 0 fully saturated rings. The summed E-state index contributed by atoms with van der Waals surface area (Å²) in [5.74, 6) is 0.636. The van der Waals surface area contributed by atoms with Crippen LogP contribution in [0.3, 0.4) is 0 Å². The number of anilines is 1. The summed E-state index contributed by atoms with van der Waals surface area (Å²) in [7, 11) is 0. The van der Waals surface area contributed by atoms with Crippen LogP contribution >= 0.6 is 0 Å². The first kappa shape index (κ1) is 12.2. The van der Waals surface area contributed by atoms with Crippen molar-refractivity contribution in [2.75, 3.05) is 18.5 Å². The fraction of sp³-hybridized carbons (Fsp3) is 0.154. The molecule has 0 saturated heterocycles. The number of nitrogens with two attached hydrogens (primary N) is 1. The molecular weight excluding hydrogens is 232 g/mol. The number of hydrogen-bond acceptors (Lipinski definition) is 4. The van der Waals surface area contributed by atoms with Gasteiger partial charge in [-0.05, 0) is 24.3 Å². The molecule has 0 aliphatic heterocycles. The quantitative estimate of drug-likeness (QED) is 0.844. The topological polar surface area (TPSA) is 77.5 Å². The predicted octanol–water partition coefficient (Wildman–Crippen LogP) is 1.87. The highest BCUT2D eigenvalue weighted by Gasteiger charge is 2.08. The Labute approximate surface area is 105 Å². The molecule has 0 spiro atoms. The Morgan fingerprint density at radius 2 is 2.22 bits per heavy atom. The second-order valence-electron chi connectivity index (χ2n) is 3.60. The van der Waals surface area contributed by atoms with Crippen LogP contribution in [-0.4, -0.2) is 19.1 Å². The van der Waals surface area contributed by atoms with Crippen LogP contribution in [0.2, 0.25) is 0 Å². The van der Waals surface area contributed by atoms with Gasteiger partial charge in [-0.3, -0.25) is 4.79 Å². The lowest BCUT2D eigenvalue weighted by molar-refractivity contribution is 0.0996. The molecule has 3 N–H and O–H groups in total. The van der Waals surface area contributed by atoms with Gasteiger partial charge >= 0.3 is 0 Å². The van der Waals surface area contributed by atoms with E-state index in [9.17, 15) is 4.79 Å². The first-order chi connectivity index (χ1) is 8.79. The van der Waals surface area contributed by atoms with Crippen molar-refractivity contribution in [3.8, 4) is 5.75 Å². The third kappa shape index (κ3) is 3.11. The molecule has 18 heavy (non-hydrogen) atoms. The molecule has 5 nitrogen and oxygen atoms in total. The zero-order chi connectivity index (χ0) is 12.8. The number of carbonyl (C=O) groups is 1. The summed E-state index contributed by atoms with van der Waals surface area (Å²) >= 11 is 0. The van der Waals surface area contributed by atoms with Crippen molar-refractivity contribution >= 4 is 11.6 Å². The minimum atomic E-state index is -0.295. The average Bonchev–Trinajstić information content (AvgIpc) is 2.91. The Morgan fingerprint density at radius 1 is 1.33 bits per heavy atom. The largest absolute Gasteiger partial charge is 0.492 e. The van der Waals surface area contributed by atoms with Gasteiger partial charge in [-0.15, -0.1) is 0 Å². The molecule has 0 saturated carbocycles. The summed E-state index contributed by atoms with van der Waals surface area (Å²) in [6.45, 7) is 0.887. The van der Waals surface area contributed by atoms with Crippen molar-refractivity contribution in [3.63, 3.8) is 0 Å². The summed E-state index contributed by atoms with van der Waals surface area (Å²) in [6.07, 6.45) is 1.45. The van der Waals surface area contributed by atoms with E-state index in [4.69, 9.17) is 14.9 Å². The molecule has 0 atom stereocenters. The van der Waals surface area contributed by atoms with Crippen LogP contribution < -0.4 is 15.8 Å². The summed E-state index contributed by atoms with van der Waals surface area (Å²) in [6, 6.07) is 10.4. The molecule has 1 aromatic carbocycles. The van der Waals surface area contributed by atoms with Crippen LogP contribution in [0.1, 0.15) is 10.6 Å². The summed E-state index contributed by atoms with van der Waals surface area (Å²) in [5, 5.41) is 2.72. The van der Waals surface area contributed by atoms with E-state index in [1.807, 2.05) is 0 Å². The van der Waals surface area contributed by atoms with Crippen LogP contribution in [-0.2, 0) is 0 Å². The maximum absolute atomic E-state index is 11.7. The van der Waals surface area contributed by atoms with Crippen molar-refractivity contribution in [2.45, 2.75) is 0 Å². The minimum absolute atomic E-state index is 0.267. The van der Waals surface area contributed by atoms with Crippen molar-refractivity contribution in [3.05, 3.63) is 48.4 Å². The van der Waals surface area contributed by atoms with Gasteiger partial charge in [0, 0.05) is 18.3 Å². The lowest BCUT2D eigenvalue weighted by Crippen LogP contribution is -2.12. The van der Waals surface area contributed by atoms with E-state index in [0.29, 0.717) is 24.6 Å². The van der Waals surface area contributed by atoms with Crippen molar-refractivity contribution in [1.82, 2.24) is 0 Å². The summed E-state index contributed by atoms with van der Waals surface area (Å²) < 4.78 is 10.4. The number of ether oxygens (including phenoxy) is 1. The molecule has 0 unspecified atom stereocenters. The van der Waals surface area contributed by atoms with E-state index >= 15 is 0 Å². The maximum Gasteiger partial charge on any atom is 0.291 e. The number of carbonyl (C=O) groups excluding carboxylic acids is 1. The SMILES string of the molecule is NCCOc1cccc(NC(=O)c2ccco2)c1. The van der Waals surface area contributed by atoms with Gasteiger partial charge < -0.3 is 20.2 Å². The van der Waals surface area contributed by atoms with Crippen molar-refractivity contribution < 1.29 is 13.9 Å². The van der Waals surface area contributed by atoms with Crippen LogP contribution in [0.25, 0.3) is 0 Å². The van der Waals surface area contributed by atoms with Crippen LogP contribution in [0.15, 0.2) is 47.1 Å². The smallest absolute Gasteiger partial charge is 0.291 e. The fourth-order valence-corrected chi connectivity index (χ4v) is 1.44. The van der Waals surface area contributed by atoms with E-state index in [1.54, 1.807) is 36.4 Å². The number of amides is 1. The van der Waals surface area contributed by atoms with E-state index < -0.39 is 0 Å². The highest BCUT2D eigenvalue weighted by atomic mass is 16.5. The van der Waals surface area contributed by atoms with Gasteiger partial charge in [0.25, 0.3) is 5.91 Å². The monoisotopic (exact) mass is 246 g/mol. The van der Waals surface area contributed by atoms with Gasteiger partial charge in [-0.25, -0.2) is 0 Å². The Morgan fingerprint density at radius 3 is 2.94 bits per heavy atom. The molecule has 0 bridgehead atoms. The highest BCUT2D eigenvalue weighted by Crippen LogP contribution is 2.18. The minimum Gasteiger partial charge on any atom is -0.492 e. The molecule has 5 heteroatoms. The van der Waals surface area contributed by atoms with Crippen LogP contribution in [0.5, 0.6) is 5.75 Å². The molecule has 0 radical (unpaired) electrons. The standard InChI is InChI=1S/C13H14N2O3/c14-6-8-17-11-4-1-3-10(9-11)15-13(16)12-5-2-7-18-12/h1-5,7,9H,6,8,14H2,(H,15,16). The van der Waals surface area contributed by atoms with Crippen LogP contribution in [0.4, 0.5) is 5.69 Å². The number of hydrogen-bond donors (Lipinski definition) is 2. The van der Waals surface area contributed by atoms with E-state index in [1.165, 1.54) is 6.26 Å². The Balaban J connectivity index is 2.03. The lowest BCUT2D eigenvalue weighted by atomic mass is 10.3. The molecule has 2 rings (SSSR count). The number of furan rings is 1. The molecule has 94 valence electrons. The van der Waals surface area contributed by atoms with Gasteiger partial charge in [0.2, 0.25) is 0 Å².